The first-order chi connectivity index (χ1) is 9.29. The smallest absolute Gasteiger partial charge is 0.0900 e. The van der Waals surface area contributed by atoms with E-state index in [4.69, 9.17) is 10.5 Å². The highest BCUT2D eigenvalue weighted by Crippen LogP contribution is 2.16. The summed E-state index contributed by atoms with van der Waals surface area (Å²) in [7, 11) is 0. The summed E-state index contributed by atoms with van der Waals surface area (Å²) in [5.74, 6) is 0. The predicted molar refractivity (Wildman–Crippen MR) is 75.8 cm³/mol. The molecule has 0 aromatic heterocycles. The molecule has 1 aliphatic heterocycles. The Morgan fingerprint density at radius 3 is 2.89 bits per heavy atom. The van der Waals surface area contributed by atoms with Gasteiger partial charge >= 0.3 is 0 Å². The number of aliphatic hydroxyl groups is 1. The Morgan fingerprint density at radius 2 is 2.16 bits per heavy atom. The summed E-state index contributed by atoms with van der Waals surface area (Å²) < 4.78 is 5.55. The second kappa shape index (κ2) is 7.60. The van der Waals surface area contributed by atoms with Gasteiger partial charge in [-0.3, -0.25) is 4.90 Å². The molecule has 0 amide bonds. The van der Waals surface area contributed by atoms with Crippen LogP contribution in [-0.4, -0.2) is 48.4 Å². The normalized spacial score (nSPS) is 21.7. The molecule has 0 aliphatic carbocycles. The fourth-order valence-corrected chi connectivity index (χ4v) is 2.61. The third-order valence-electron chi connectivity index (χ3n) is 3.64. The van der Waals surface area contributed by atoms with Crippen molar-refractivity contribution in [2.75, 3.05) is 26.2 Å². The largest absolute Gasteiger partial charge is 0.389 e. The second-order valence-corrected chi connectivity index (χ2v) is 5.18. The van der Waals surface area contributed by atoms with Crippen LogP contribution in [0.5, 0.6) is 0 Å². The number of nitrogens with zero attached hydrogens (tertiary/aromatic N) is 1. The van der Waals surface area contributed by atoms with E-state index in [1.54, 1.807) is 0 Å². The van der Waals surface area contributed by atoms with Gasteiger partial charge in [-0.05, 0) is 24.9 Å². The molecule has 0 radical (unpaired) electrons. The summed E-state index contributed by atoms with van der Waals surface area (Å²) in [5, 5.41) is 9.99. The minimum atomic E-state index is -0.434. The van der Waals surface area contributed by atoms with Crippen LogP contribution in [0.4, 0.5) is 0 Å². The van der Waals surface area contributed by atoms with Crippen LogP contribution in [0.15, 0.2) is 30.3 Å². The van der Waals surface area contributed by atoms with Crippen molar-refractivity contribution in [3.63, 3.8) is 0 Å². The maximum absolute atomic E-state index is 9.99. The van der Waals surface area contributed by atoms with E-state index in [2.05, 4.69) is 4.90 Å². The molecule has 1 saturated heterocycles. The first-order valence-electron chi connectivity index (χ1n) is 7.03. The lowest BCUT2D eigenvalue weighted by Gasteiger charge is -2.25. The molecule has 0 spiro atoms. The number of hydrogen-bond acceptors (Lipinski definition) is 4. The number of hydrogen-bond donors (Lipinski definition) is 2. The number of ether oxygens (including phenoxy) is 1. The number of nitrogens with two attached hydrogens (primary N) is 1. The number of β-amino-alcohol motifs (C(OH)–C–C–N with tert-alkyl or cyclic N) is 1. The number of aliphatic hydroxyl groups excluding tert-OH is 1. The van der Waals surface area contributed by atoms with E-state index in [-0.39, 0.29) is 0 Å². The van der Waals surface area contributed by atoms with Gasteiger partial charge in [0.25, 0.3) is 0 Å². The third-order valence-corrected chi connectivity index (χ3v) is 3.64. The highest BCUT2D eigenvalue weighted by atomic mass is 16.5. The summed E-state index contributed by atoms with van der Waals surface area (Å²) >= 11 is 0. The van der Waals surface area contributed by atoms with Crippen molar-refractivity contribution in [3.8, 4) is 0 Å². The first kappa shape index (κ1) is 14.5. The zero-order chi connectivity index (χ0) is 13.5. The Balaban J connectivity index is 1.66. The molecule has 106 valence electrons. The van der Waals surface area contributed by atoms with Crippen LogP contribution in [0.3, 0.4) is 0 Å². The van der Waals surface area contributed by atoms with Gasteiger partial charge in [0.05, 0.1) is 19.3 Å². The SMILES string of the molecule is NCC1CCCN1CC(O)COCc1ccccc1. The molecule has 19 heavy (non-hydrogen) atoms. The fraction of sp³-hybridized carbons (Fsp3) is 0.600. The Bertz CT molecular complexity index is 358. The molecule has 1 fully saturated rings. The second-order valence-electron chi connectivity index (χ2n) is 5.18. The van der Waals surface area contributed by atoms with E-state index in [1.165, 1.54) is 6.42 Å². The van der Waals surface area contributed by atoms with Gasteiger partial charge in [0.15, 0.2) is 0 Å². The monoisotopic (exact) mass is 264 g/mol. The van der Waals surface area contributed by atoms with Crippen molar-refractivity contribution in [1.82, 2.24) is 4.90 Å². The van der Waals surface area contributed by atoms with E-state index in [0.717, 1.165) is 18.5 Å². The molecule has 1 heterocycles. The third kappa shape index (κ3) is 4.58. The summed E-state index contributed by atoms with van der Waals surface area (Å²) in [6.45, 7) is 3.31. The Labute approximate surface area is 115 Å². The van der Waals surface area contributed by atoms with E-state index < -0.39 is 6.10 Å². The van der Waals surface area contributed by atoms with Gasteiger partial charge in [-0.1, -0.05) is 30.3 Å². The van der Waals surface area contributed by atoms with E-state index >= 15 is 0 Å². The van der Waals surface area contributed by atoms with Crippen molar-refractivity contribution in [2.45, 2.75) is 31.6 Å². The number of likely N-dealkylation sites (tertiary alicyclic amines) is 1. The van der Waals surface area contributed by atoms with Crippen LogP contribution in [-0.2, 0) is 11.3 Å². The summed E-state index contributed by atoms with van der Waals surface area (Å²) in [6.07, 6.45) is 1.89. The first-order valence-corrected chi connectivity index (χ1v) is 7.03. The molecule has 1 aromatic carbocycles. The van der Waals surface area contributed by atoms with E-state index in [1.807, 2.05) is 30.3 Å². The molecular weight excluding hydrogens is 240 g/mol. The number of rotatable bonds is 7. The highest BCUT2D eigenvalue weighted by molar-refractivity contribution is 5.13. The summed E-state index contributed by atoms with van der Waals surface area (Å²) in [6, 6.07) is 10.5. The van der Waals surface area contributed by atoms with Gasteiger partial charge in [-0.15, -0.1) is 0 Å². The van der Waals surface area contributed by atoms with Gasteiger partial charge in [0, 0.05) is 19.1 Å². The van der Waals surface area contributed by atoms with Crippen LogP contribution >= 0.6 is 0 Å². The Kier molecular flexibility index (Phi) is 5.79. The lowest BCUT2D eigenvalue weighted by Crippen LogP contribution is -2.41. The average Bonchev–Trinajstić information content (AvgIpc) is 2.87. The zero-order valence-corrected chi connectivity index (χ0v) is 11.4. The quantitative estimate of drug-likeness (QED) is 0.771. The van der Waals surface area contributed by atoms with Crippen molar-refractivity contribution >= 4 is 0 Å². The fourth-order valence-electron chi connectivity index (χ4n) is 2.61. The molecule has 2 unspecified atom stereocenters. The lowest BCUT2D eigenvalue weighted by molar-refractivity contribution is 0.00837. The van der Waals surface area contributed by atoms with Crippen LogP contribution in [0.1, 0.15) is 18.4 Å². The topological polar surface area (TPSA) is 58.7 Å². The predicted octanol–water partition coefficient (Wildman–Crippen LogP) is 0.987. The van der Waals surface area contributed by atoms with Crippen LogP contribution in [0.2, 0.25) is 0 Å². The van der Waals surface area contributed by atoms with E-state index in [0.29, 0.717) is 32.3 Å². The molecule has 4 nitrogen and oxygen atoms in total. The molecule has 1 aromatic rings. The van der Waals surface area contributed by atoms with Crippen molar-refractivity contribution in [2.24, 2.45) is 5.73 Å². The van der Waals surface area contributed by atoms with Gasteiger partial charge in [-0.25, -0.2) is 0 Å². The van der Waals surface area contributed by atoms with Gasteiger partial charge in [-0.2, -0.15) is 0 Å². The Morgan fingerprint density at radius 1 is 1.37 bits per heavy atom. The molecule has 2 rings (SSSR count). The molecule has 3 N–H and O–H groups in total. The maximum Gasteiger partial charge on any atom is 0.0900 e. The zero-order valence-electron chi connectivity index (χ0n) is 11.4. The minimum Gasteiger partial charge on any atom is -0.389 e. The summed E-state index contributed by atoms with van der Waals surface area (Å²) in [5.41, 5.74) is 6.86. The Hall–Kier alpha value is -0.940. The lowest BCUT2D eigenvalue weighted by atomic mass is 10.2. The standard InChI is InChI=1S/C15H24N2O2/c16-9-14-7-4-8-17(14)10-15(18)12-19-11-13-5-2-1-3-6-13/h1-3,5-6,14-15,18H,4,7-12,16H2. The molecule has 1 aliphatic rings. The molecule has 0 bridgehead atoms. The molecule has 4 heteroatoms. The van der Waals surface area contributed by atoms with Crippen LogP contribution in [0, 0.1) is 0 Å². The highest BCUT2D eigenvalue weighted by Gasteiger charge is 2.24. The number of benzene rings is 1. The van der Waals surface area contributed by atoms with Crippen molar-refractivity contribution < 1.29 is 9.84 Å². The van der Waals surface area contributed by atoms with Crippen molar-refractivity contribution in [1.29, 1.82) is 0 Å². The van der Waals surface area contributed by atoms with Gasteiger partial charge in [0.2, 0.25) is 0 Å². The van der Waals surface area contributed by atoms with Gasteiger partial charge in [0.1, 0.15) is 0 Å². The summed E-state index contributed by atoms with van der Waals surface area (Å²) in [4.78, 5) is 2.27. The molecule has 2 atom stereocenters. The maximum atomic E-state index is 9.99. The van der Waals surface area contributed by atoms with Crippen LogP contribution in [0.25, 0.3) is 0 Å². The van der Waals surface area contributed by atoms with Gasteiger partial charge < -0.3 is 15.6 Å². The van der Waals surface area contributed by atoms with E-state index in [9.17, 15) is 5.11 Å². The van der Waals surface area contributed by atoms with Crippen LogP contribution < -0.4 is 5.73 Å². The average molecular weight is 264 g/mol. The minimum absolute atomic E-state index is 0.378. The molecular formula is C15H24N2O2. The molecule has 0 saturated carbocycles. The van der Waals surface area contributed by atoms with Crippen molar-refractivity contribution in [3.05, 3.63) is 35.9 Å².